The van der Waals surface area contributed by atoms with Gasteiger partial charge in [-0.05, 0) is 31.2 Å². The van der Waals surface area contributed by atoms with E-state index in [2.05, 4.69) is 33.0 Å². The maximum absolute atomic E-state index is 10.2. The van der Waals surface area contributed by atoms with Crippen molar-refractivity contribution in [2.75, 3.05) is 13.1 Å². The highest BCUT2D eigenvalue weighted by atomic mass is 16.4. The van der Waals surface area contributed by atoms with Gasteiger partial charge in [-0.25, -0.2) is 4.79 Å². The summed E-state index contributed by atoms with van der Waals surface area (Å²) in [5.74, 6) is 1.30. The number of nitrogens with one attached hydrogen (secondary N) is 1. The summed E-state index contributed by atoms with van der Waals surface area (Å²) in [6, 6.07) is 0. The van der Waals surface area contributed by atoms with Gasteiger partial charge in [-0.1, -0.05) is 66.2 Å². The first-order valence-corrected chi connectivity index (χ1v) is 8.72. The Kier molecular flexibility index (Phi) is 18.5. The van der Waals surface area contributed by atoms with E-state index in [9.17, 15) is 4.79 Å². The molecule has 0 aromatic carbocycles. The summed E-state index contributed by atoms with van der Waals surface area (Å²) in [7, 11) is 0. The first-order valence-electron chi connectivity index (χ1n) is 8.72. The lowest BCUT2D eigenvalue weighted by Gasteiger charge is -2.13. The standard InChI is InChI=1S/C9H19NO2.C8H19N/c1-3-5-6-8(4-2)7-10-9(11)12;1-3-5-6-8(4-2)7-9/h8,10H,3-7H2,1-2H3,(H,11,12);8H,3-7,9H2,1-2H3. The topological polar surface area (TPSA) is 75.3 Å². The summed E-state index contributed by atoms with van der Waals surface area (Å²) in [4.78, 5) is 10.2. The van der Waals surface area contributed by atoms with Gasteiger partial charge >= 0.3 is 6.09 Å². The quantitative estimate of drug-likeness (QED) is 0.521. The smallest absolute Gasteiger partial charge is 0.404 e. The minimum atomic E-state index is -0.912. The number of carbonyl (C=O) groups is 1. The molecule has 2 atom stereocenters. The van der Waals surface area contributed by atoms with E-state index in [4.69, 9.17) is 10.8 Å². The molecule has 2 unspecified atom stereocenters. The van der Waals surface area contributed by atoms with Crippen LogP contribution < -0.4 is 11.1 Å². The van der Waals surface area contributed by atoms with E-state index in [-0.39, 0.29) is 0 Å². The van der Waals surface area contributed by atoms with Crippen LogP contribution in [0.1, 0.15) is 79.1 Å². The number of rotatable bonds is 11. The molecular formula is C17H38N2O2. The van der Waals surface area contributed by atoms with Crippen LogP contribution in [-0.2, 0) is 0 Å². The van der Waals surface area contributed by atoms with Crippen LogP contribution in [0.15, 0.2) is 0 Å². The van der Waals surface area contributed by atoms with E-state index in [0.717, 1.165) is 25.3 Å². The van der Waals surface area contributed by atoms with Crippen LogP contribution >= 0.6 is 0 Å². The number of nitrogens with two attached hydrogens (primary N) is 1. The van der Waals surface area contributed by atoms with E-state index in [1.54, 1.807) is 0 Å². The second-order valence-electron chi connectivity index (χ2n) is 5.75. The Hall–Kier alpha value is -0.770. The molecule has 0 bridgehead atoms. The summed E-state index contributed by atoms with van der Waals surface area (Å²) in [6.07, 6.45) is 8.87. The second kappa shape index (κ2) is 17.3. The van der Waals surface area contributed by atoms with Crippen molar-refractivity contribution in [3.63, 3.8) is 0 Å². The normalized spacial score (nSPS) is 13.0. The first-order chi connectivity index (χ1) is 10.0. The minimum absolute atomic E-state index is 0.515. The van der Waals surface area contributed by atoms with Gasteiger partial charge in [-0.3, -0.25) is 0 Å². The molecule has 0 radical (unpaired) electrons. The molecule has 0 saturated carbocycles. The third-order valence-corrected chi connectivity index (χ3v) is 3.96. The van der Waals surface area contributed by atoms with Gasteiger partial charge in [0.15, 0.2) is 0 Å². The molecule has 128 valence electrons. The fourth-order valence-corrected chi connectivity index (χ4v) is 2.16. The largest absolute Gasteiger partial charge is 0.465 e. The fraction of sp³-hybridized carbons (Fsp3) is 0.941. The van der Waals surface area contributed by atoms with Crippen LogP contribution in [0.5, 0.6) is 0 Å². The lowest BCUT2D eigenvalue weighted by Crippen LogP contribution is -2.27. The highest BCUT2D eigenvalue weighted by Gasteiger charge is 2.06. The van der Waals surface area contributed by atoms with Gasteiger partial charge in [-0.2, -0.15) is 0 Å². The van der Waals surface area contributed by atoms with E-state index in [1.807, 2.05) is 0 Å². The maximum Gasteiger partial charge on any atom is 0.404 e. The Morgan fingerprint density at radius 3 is 1.81 bits per heavy atom. The van der Waals surface area contributed by atoms with E-state index in [1.165, 1.54) is 38.5 Å². The zero-order valence-corrected chi connectivity index (χ0v) is 14.7. The Balaban J connectivity index is 0. The van der Waals surface area contributed by atoms with Gasteiger partial charge in [-0.15, -0.1) is 0 Å². The lowest BCUT2D eigenvalue weighted by molar-refractivity contribution is 0.191. The van der Waals surface area contributed by atoms with Crippen molar-refractivity contribution in [3.05, 3.63) is 0 Å². The van der Waals surface area contributed by atoms with Crippen LogP contribution in [0, 0.1) is 11.8 Å². The van der Waals surface area contributed by atoms with Crippen molar-refractivity contribution in [1.29, 1.82) is 0 Å². The molecule has 0 aliphatic carbocycles. The van der Waals surface area contributed by atoms with Gasteiger partial charge in [0.2, 0.25) is 0 Å². The summed E-state index contributed by atoms with van der Waals surface area (Å²) < 4.78 is 0. The Bertz CT molecular complexity index is 219. The number of carboxylic acid groups (broad SMARTS) is 1. The van der Waals surface area contributed by atoms with Gasteiger partial charge < -0.3 is 16.2 Å². The van der Waals surface area contributed by atoms with Gasteiger partial charge in [0, 0.05) is 6.54 Å². The monoisotopic (exact) mass is 302 g/mol. The summed E-state index contributed by atoms with van der Waals surface area (Å²) in [5, 5.41) is 10.8. The average Bonchev–Trinajstić information content (AvgIpc) is 2.49. The molecule has 4 heteroatoms. The summed E-state index contributed by atoms with van der Waals surface area (Å²) in [6.45, 7) is 10.2. The van der Waals surface area contributed by atoms with Crippen molar-refractivity contribution < 1.29 is 9.90 Å². The highest BCUT2D eigenvalue weighted by Crippen LogP contribution is 2.11. The third kappa shape index (κ3) is 17.2. The van der Waals surface area contributed by atoms with Gasteiger partial charge in [0.05, 0.1) is 0 Å². The van der Waals surface area contributed by atoms with Crippen LogP contribution in [-0.4, -0.2) is 24.3 Å². The first kappa shape index (κ1) is 22.5. The van der Waals surface area contributed by atoms with Crippen LogP contribution in [0.3, 0.4) is 0 Å². The molecular weight excluding hydrogens is 264 g/mol. The fourth-order valence-electron chi connectivity index (χ4n) is 2.16. The molecule has 1 amide bonds. The van der Waals surface area contributed by atoms with Gasteiger partial charge in [0.25, 0.3) is 0 Å². The third-order valence-electron chi connectivity index (χ3n) is 3.96. The Labute approximate surface area is 131 Å². The number of hydrogen-bond acceptors (Lipinski definition) is 2. The minimum Gasteiger partial charge on any atom is -0.465 e. The molecule has 0 aromatic heterocycles. The van der Waals surface area contributed by atoms with Crippen LogP contribution in [0.4, 0.5) is 4.79 Å². The summed E-state index contributed by atoms with van der Waals surface area (Å²) in [5.41, 5.74) is 5.52. The molecule has 4 nitrogen and oxygen atoms in total. The molecule has 0 aromatic rings. The maximum atomic E-state index is 10.2. The zero-order chi connectivity index (χ0) is 16.5. The SMILES string of the molecule is CCCCC(CC)CN.CCCCC(CC)CNC(=O)O. The summed E-state index contributed by atoms with van der Waals surface area (Å²) >= 11 is 0. The molecule has 0 heterocycles. The zero-order valence-electron chi connectivity index (χ0n) is 14.7. The Morgan fingerprint density at radius 2 is 1.48 bits per heavy atom. The molecule has 0 saturated heterocycles. The average molecular weight is 303 g/mol. The van der Waals surface area contributed by atoms with E-state index >= 15 is 0 Å². The second-order valence-corrected chi connectivity index (χ2v) is 5.75. The molecule has 0 rings (SSSR count). The predicted octanol–water partition coefficient (Wildman–Crippen LogP) is 4.63. The van der Waals surface area contributed by atoms with Crippen molar-refractivity contribution in [3.8, 4) is 0 Å². The molecule has 0 spiro atoms. The molecule has 21 heavy (non-hydrogen) atoms. The molecule has 0 aliphatic rings. The number of hydrogen-bond donors (Lipinski definition) is 3. The van der Waals surface area contributed by atoms with E-state index in [0.29, 0.717) is 12.5 Å². The van der Waals surface area contributed by atoms with Crippen molar-refractivity contribution in [2.24, 2.45) is 17.6 Å². The van der Waals surface area contributed by atoms with Crippen molar-refractivity contribution in [2.45, 2.75) is 79.1 Å². The number of unbranched alkanes of at least 4 members (excludes halogenated alkanes) is 2. The van der Waals surface area contributed by atoms with E-state index < -0.39 is 6.09 Å². The van der Waals surface area contributed by atoms with Crippen molar-refractivity contribution in [1.82, 2.24) is 5.32 Å². The Morgan fingerprint density at radius 1 is 1.00 bits per heavy atom. The predicted molar refractivity (Wildman–Crippen MR) is 91.7 cm³/mol. The van der Waals surface area contributed by atoms with Gasteiger partial charge in [0.1, 0.15) is 0 Å². The number of amides is 1. The van der Waals surface area contributed by atoms with Crippen LogP contribution in [0.25, 0.3) is 0 Å². The molecule has 4 N–H and O–H groups in total. The van der Waals surface area contributed by atoms with Crippen LogP contribution in [0.2, 0.25) is 0 Å². The molecule has 0 aliphatic heterocycles. The molecule has 0 fully saturated rings. The lowest BCUT2D eigenvalue weighted by atomic mass is 10.00. The van der Waals surface area contributed by atoms with Crippen molar-refractivity contribution >= 4 is 6.09 Å². The highest BCUT2D eigenvalue weighted by molar-refractivity contribution is 5.64.